The molecule has 0 aromatic heterocycles. The summed E-state index contributed by atoms with van der Waals surface area (Å²) in [4.78, 5) is 11.1. The molecule has 0 saturated carbocycles. The molecule has 2 aromatic carbocycles. The van der Waals surface area contributed by atoms with Gasteiger partial charge in [0.25, 0.3) is 0 Å². The number of hydrogen-bond acceptors (Lipinski definition) is 1. The third kappa shape index (κ3) is 3.02. The van der Waals surface area contributed by atoms with Gasteiger partial charge in [-0.1, -0.05) is 61.5 Å². The fourth-order valence-electron chi connectivity index (χ4n) is 2.17. The minimum atomic E-state index is -0.787. The summed E-state index contributed by atoms with van der Waals surface area (Å²) in [5.74, 6) is -0.991. The van der Waals surface area contributed by atoms with Crippen molar-refractivity contribution in [2.75, 3.05) is 0 Å². The van der Waals surface area contributed by atoms with Crippen molar-refractivity contribution in [1.29, 1.82) is 0 Å². The van der Waals surface area contributed by atoms with E-state index in [-0.39, 0.29) is 5.92 Å². The fraction of sp³-hybridized carbons (Fsp3) is 0.235. The number of hydrogen-bond donors (Lipinski definition) is 1. The molecule has 2 nitrogen and oxygen atoms in total. The van der Waals surface area contributed by atoms with Crippen LogP contribution < -0.4 is 0 Å². The highest BCUT2D eigenvalue weighted by Gasteiger charge is 2.15. The van der Waals surface area contributed by atoms with Crippen molar-refractivity contribution in [1.82, 2.24) is 0 Å². The molecule has 0 heterocycles. The maximum absolute atomic E-state index is 11.1. The van der Waals surface area contributed by atoms with E-state index in [1.54, 1.807) is 6.92 Å². The van der Waals surface area contributed by atoms with Crippen LogP contribution in [-0.4, -0.2) is 11.1 Å². The average Bonchev–Trinajstić information content (AvgIpc) is 2.46. The van der Waals surface area contributed by atoms with Gasteiger partial charge in [0.1, 0.15) is 0 Å². The third-order valence-electron chi connectivity index (χ3n) is 3.58. The molecule has 98 valence electrons. The lowest BCUT2D eigenvalue weighted by Gasteiger charge is -2.15. The fourth-order valence-corrected chi connectivity index (χ4v) is 2.17. The number of rotatable bonds is 4. The second kappa shape index (κ2) is 5.70. The van der Waals surface area contributed by atoms with Gasteiger partial charge in [0.15, 0.2) is 0 Å². The summed E-state index contributed by atoms with van der Waals surface area (Å²) < 4.78 is 0. The Bertz CT molecular complexity index is 560. The van der Waals surface area contributed by atoms with Crippen LogP contribution in [0.2, 0.25) is 0 Å². The molecule has 2 rings (SSSR count). The normalized spacial score (nSPS) is 13.8. The van der Waals surface area contributed by atoms with Crippen molar-refractivity contribution in [3.8, 4) is 0 Å². The molecule has 0 radical (unpaired) electrons. The van der Waals surface area contributed by atoms with Crippen molar-refractivity contribution in [2.45, 2.75) is 25.7 Å². The lowest BCUT2D eigenvalue weighted by Crippen LogP contribution is -2.08. The highest BCUT2D eigenvalue weighted by atomic mass is 16.4. The standard InChI is InChI=1S/C17H18O2/c1-12(14-7-4-3-5-8-14)15-9-6-10-16(11-15)13(2)17(18)19/h3-13H,1-2H3,(H,18,19)/t12?,13-/m1/s1. The second-order valence-electron chi connectivity index (χ2n) is 4.86. The van der Waals surface area contributed by atoms with Gasteiger partial charge in [-0.05, 0) is 23.6 Å². The average molecular weight is 254 g/mol. The number of carboxylic acid groups (broad SMARTS) is 1. The topological polar surface area (TPSA) is 37.3 Å². The van der Waals surface area contributed by atoms with Crippen LogP contribution in [0.3, 0.4) is 0 Å². The zero-order valence-corrected chi connectivity index (χ0v) is 11.2. The maximum Gasteiger partial charge on any atom is 0.310 e. The molecule has 1 unspecified atom stereocenters. The first-order valence-corrected chi connectivity index (χ1v) is 6.47. The first kappa shape index (κ1) is 13.3. The van der Waals surface area contributed by atoms with Gasteiger partial charge in [0.05, 0.1) is 5.92 Å². The van der Waals surface area contributed by atoms with Gasteiger partial charge in [0, 0.05) is 5.92 Å². The van der Waals surface area contributed by atoms with Crippen LogP contribution >= 0.6 is 0 Å². The molecular formula is C17H18O2. The molecule has 2 atom stereocenters. The summed E-state index contributed by atoms with van der Waals surface area (Å²) in [7, 11) is 0. The van der Waals surface area contributed by atoms with E-state index in [0.717, 1.165) is 11.1 Å². The maximum atomic E-state index is 11.1. The molecule has 0 saturated heterocycles. The van der Waals surface area contributed by atoms with Gasteiger partial charge in [-0.3, -0.25) is 4.79 Å². The van der Waals surface area contributed by atoms with Crippen molar-refractivity contribution >= 4 is 5.97 Å². The molecule has 0 aliphatic rings. The molecule has 0 bridgehead atoms. The summed E-state index contributed by atoms with van der Waals surface area (Å²) in [5.41, 5.74) is 3.24. The molecule has 0 aliphatic carbocycles. The summed E-state index contributed by atoms with van der Waals surface area (Å²) in [6, 6.07) is 18.1. The van der Waals surface area contributed by atoms with Crippen LogP contribution in [0.15, 0.2) is 54.6 Å². The largest absolute Gasteiger partial charge is 0.481 e. The van der Waals surface area contributed by atoms with Crippen molar-refractivity contribution < 1.29 is 9.90 Å². The van der Waals surface area contributed by atoms with Gasteiger partial charge < -0.3 is 5.11 Å². The van der Waals surface area contributed by atoms with Crippen LogP contribution in [0.4, 0.5) is 0 Å². The predicted octanol–water partition coefficient (Wildman–Crippen LogP) is 4.03. The van der Waals surface area contributed by atoms with E-state index in [2.05, 4.69) is 25.1 Å². The Morgan fingerprint density at radius 3 is 2.11 bits per heavy atom. The van der Waals surface area contributed by atoms with Crippen molar-refractivity contribution in [3.05, 3.63) is 71.3 Å². The smallest absolute Gasteiger partial charge is 0.310 e. The van der Waals surface area contributed by atoms with E-state index in [1.807, 2.05) is 36.4 Å². The second-order valence-corrected chi connectivity index (χ2v) is 4.86. The van der Waals surface area contributed by atoms with E-state index >= 15 is 0 Å². The Hall–Kier alpha value is -2.09. The highest BCUT2D eigenvalue weighted by molar-refractivity contribution is 5.75. The monoisotopic (exact) mass is 254 g/mol. The Balaban J connectivity index is 2.31. The van der Waals surface area contributed by atoms with E-state index in [0.29, 0.717) is 0 Å². The first-order valence-electron chi connectivity index (χ1n) is 6.47. The molecular weight excluding hydrogens is 236 g/mol. The predicted molar refractivity (Wildman–Crippen MR) is 76.5 cm³/mol. The first-order chi connectivity index (χ1) is 9.09. The highest BCUT2D eigenvalue weighted by Crippen LogP contribution is 2.26. The van der Waals surface area contributed by atoms with Crippen LogP contribution in [0, 0.1) is 0 Å². The zero-order valence-electron chi connectivity index (χ0n) is 11.2. The lowest BCUT2D eigenvalue weighted by atomic mass is 9.90. The molecule has 0 aliphatic heterocycles. The summed E-state index contributed by atoms with van der Waals surface area (Å²) in [6.45, 7) is 3.86. The summed E-state index contributed by atoms with van der Waals surface area (Å²) in [6.07, 6.45) is 0. The number of benzene rings is 2. The van der Waals surface area contributed by atoms with Gasteiger partial charge in [-0.25, -0.2) is 0 Å². The van der Waals surface area contributed by atoms with E-state index in [1.165, 1.54) is 5.56 Å². The van der Waals surface area contributed by atoms with Crippen LogP contribution in [0.25, 0.3) is 0 Å². The minimum absolute atomic E-state index is 0.266. The zero-order chi connectivity index (χ0) is 13.8. The van der Waals surface area contributed by atoms with Crippen LogP contribution in [0.5, 0.6) is 0 Å². The number of carbonyl (C=O) groups is 1. The van der Waals surface area contributed by atoms with Crippen LogP contribution in [0.1, 0.15) is 42.4 Å². The lowest BCUT2D eigenvalue weighted by molar-refractivity contribution is -0.138. The number of aliphatic carboxylic acids is 1. The summed E-state index contributed by atoms with van der Waals surface area (Å²) in [5, 5.41) is 9.08. The summed E-state index contributed by atoms with van der Waals surface area (Å²) >= 11 is 0. The molecule has 1 N–H and O–H groups in total. The van der Waals surface area contributed by atoms with Crippen molar-refractivity contribution in [2.24, 2.45) is 0 Å². The quantitative estimate of drug-likeness (QED) is 0.894. The van der Waals surface area contributed by atoms with E-state index < -0.39 is 11.9 Å². The third-order valence-corrected chi connectivity index (χ3v) is 3.58. The molecule has 0 spiro atoms. The molecule has 2 aromatic rings. The van der Waals surface area contributed by atoms with Gasteiger partial charge in [-0.2, -0.15) is 0 Å². The molecule has 2 heteroatoms. The van der Waals surface area contributed by atoms with Crippen molar-refractivity contribution in [3.63, 3.8) is 0 Å². The Morgan fingerprint density at radius 2 is 1.47 bits per heavy atom. The minimum Gasteiger partial charge on any atom is -0.481 e. The number of carboxylic acids is 1. The van der Waals surface area contributed by atoms with Gasteiger partial charge in [-0.15, -0.1) is 0 Å². The van der Waals surface area contributed by atoms with Gasteiger partial charge >= 0.3 is 5.97 Å². The van der Waals surface area contributed by atoms with Crippen LogP contribution in [-0.2, 0) is 4.79 Å². The van der Waals surface area contributed by atoms with Gasteiger partial charge in [0.2, 0.25) is 0 Å². The Morgan fingerprint density at radius 1 is 0.895 bits per heavy atom. The SMILES string of the molecule is CC(c1ccccc1)c1cccc([C@@H](C)C(=O)O)c1. The molecule has 0 amide bonds. The Kier molecular flexibility index (Phi) is 4.00. The molecule has 19 heavy (non-hydrogen) atoms. The van der Waals surface area contributed by atoms with E-state index in [4.69, 9.17) is 5.11 Å². The van der Waals surface area contributed by atoms with E-state index in [9.17, 15) is 4.79 Å². The molecule has 0 fully saturated rings. The Labute approximate surface area is 113 Å².